The SMILES string of the molecule is COc1ccc2nc3sc(C(=O)NCC4CCCO4)cc3cc2c1. The van der Waals surface area contributed by atoms with Crippen LogP contribution in [-0.2, 0) is 4.74 Å². The van der Waals surface area contributed by atoms with E-state index in [0.29, 0.717) is 11.4 Å². The van der Waals surface area contributed by atoms with Crippen LogP contribution in [0.3, 0.4) is 0 Å². The van der Waals surface area contributed by atoms with Gasteiger partial charge in [-0.3, -0.25) is 4.79 Å². The monoisotopic (exact) mass is 342 g/mol. The van der Waals surface area contributed by atoms with Gasteiger partial charge >= 0.3 is 0 Å². The van der Waals surface area contributed by atoms with Crippen LogP contribution in [0.1, 0.15) is 22.5 Å². The fourth-order valence-electron chi connectivity index (χ4n) is 2.95. The first-order valence-electron chi connectivity index (χ1n) is 8.01. The summed E-state index contributed by atoms with van der Waals surface area (Å²) in [6.45, 7) is 1.36. The van der Waals surface area contributed by atoms with Gasteiger partial charge in [-0.1, -0.05) is 0 Å². The molecule has 0 aliphatic carbocycles. The van der Waals surface area contributed by atoms with Crippen LogP contribution in [0, 0.1) is 0 Å². The molecule has 0 spiro atoms. The highest BCUT2D eigenvalue weighted by Crippen LogP contribution is 2.29. The summed E-state index contributed by atoms with van der Waals surface area (Å²) < 4.78 is 10.8. The summed E-state index contributed by atoms with van der Waals surface area (Å²) in [4.78, 5) is 18.6. The van der Waals surface area contributed by atoms with Crippen molar-refractivity contribution in [1.82, 2.24) is 10.3 Å². The number of fused-ring (bicyclic) bond motifs is 2. The summed E-state index contributed by atoms with van der Waals surface area (Å²) in [6, 6.07) is 9.73. The molecule has 24 heavy (non-hydrogen) atoms. The maximum absolute atomic E-state index is 12.4. The summed E-state index contributed by atoms with van der Waals surface area (Å²) in [5.41, 5.74) is 0.900. The van der Waals surface area contributed by atoms with Gasteiger partial charge in [-0.05, 0) is 43.2 Å². The first-order chi connectivity index (χ1) is 11.7. The highest BCUT2D eigenvalue weighted by atomic mass is 32.1. The Kier molecular flexibility index (Phi) is 4.08. The van der Waals surface area contributed by atoms with Crippen LogP contribution in [0.25, 0.3) is 21.1 Å². The number of methoxy groups -OCH3 is 1. The van der Waals surface area contributed by atoms with Crippen molar-refractivity contribution >= 4 is 38.4 Å². The van der Waals surface area contributed by atoms with Gasteiger partial charge in [0.25, 0.3) is 5.91 Å². The molecule has 1 amide bonds. The second-order valence-corrected chi connectivity index (χ2v) is 6.93. The van der Waals surface area contributed by atoms with Crippen LogP contribution in [-0.4, -0.2) is 37.3 Å². The molecule has 5 nitrogen and oxygen atoms in total. The molecular formula is C18H18N2O3S. The molecule has 1 aliphatic heterocycles. The van der Waals surface area contributed by atoms with Gasteiger partial charge in [0.05, 0.1) is 23.6 Å². The van der Waals surface area contributed by atoms with Crippen LogP contribution in [0.5, 0.6) is 5.75 Å². The van der Waals surface area contributed by atoms with Crippen molar-refractivity contribution in [2.45, 2.75) is 18.9 Å². The van der Waals surface area contributed by atoms with E-state index in [1.807, 2.05) is 30.3 Å². The molecule has 1 fully saturated rings. The van der Waals surface area contributed by atoms with Crippen molar-refractivity contribution < 1.29 is 14.3 Å². The van der Waals surface area contributed by atoms with E-state index in [1.165, 1.54) is 11.3 Å². The number of rotatable bonds is 4. The van der Waals surface area contributed by atoms with Crippen molar-refractivity contribution in [2.24, 2.45) is 0 Å². The maximum Gasteiger partial charge on any atom is 0.261 e. The molecule has 1 saturated heterocycles. The highest BCUT2D eigenvalue weighted by Gasteiger charge is 2.18. The first-order valence-corrected chi connectivity index (χ1v) is 8.83. The lowest BCUT2D eigenvalue weighted by Crippen LogP contribution is -2.31. The van der Waals surface area contributed by atoms with E-state index < -0.39 is 0 Å². The Morgan fingerprint density at radius 2 is 2.29 bits per heavy atom. The van der Waals surface area contributed by atoms with Gasteiger partial charge < -0.3 is 14.8 Å². The van der Waals surface area contributed by atoms with Gasteiger partial charge in [0.1, 0.15) is 10.6 Å². The van der Waals surface area contributed by atoms with E-state index in [-0.39, 0.29) is 12.0 Å². The van der Waals surface area contributed by atoms with Crippen LogP contribution in [0.15, 0.2) is 30.3 Å². The fraction of sp³-hybridized carbons (Fsp3) is 0.333. The number of nitrogens with one attached hydrogen (secondary N) is 1. The minimum Gasteiger partial charge on any atom is -0.497 e. The number of amides is 1. The molecule has 0 saturated carbocycles. The van der Waals surface area contributed by atoms with Gasteiger partial charge in [0.15, 0.2) is 0 Å². The lowest BCUT2D eigenvalue weighted by molar-refractivity contribution is 0.0861. The van der Waals surface area contributed by atoms with Crippen molar-refractivity contribution in [3.8, 4) is 5.75 Å². The predicted molar refractivity (Wildman–Crippen MR) is 95.0 cm³/mol. The Balaban J connectivity index is 1.59. The maximum atomic E-state index is 12.4. The molecule has 0 radical (unpaired) electrons. The second kappa shape index (κ2) is 6.37. The predicted octanol–water partition coefficient (Wildman–Crippen LogP) is 3.37. The summed E-state index contributed by atoms with van der Waals surface area (Å²) >= 11 is 1.42. The largest absolute Gasteiger partial charge is 0.497 e. The average Bonchev–Trinajstić information content (AvgIpc) is 3.26. The van der Waals surface area contributed by atoms with E-state index in [9.17, 15) is 4.79 Å². The van der Waals surface area contributed by atoms with Gasteiger partial charge in [-0.2, -0.15) is 0 Å². The fourth-order valence-corrected chi connectivity index (χ4v) is 3.89. The summed E-state index contributed by atoms with van der Waals surface area (Å²) in [5.74, 6) is 0.739. The van der Waals surface area contributed by atoms with Crippen LogP contribution < -0.4 is 10.1 Å². The van der Waals surface area contributed by atoms with E-state index in [2.05, 4.69) is 10.3 Å². The average molecular weight is 342 g/mol. The van der Waals surface area contributed by atoms with E-state index in [1.54, 1.807) is 7.11 Å². The quantitative estimate of drug-likeness (QED) is 0.790. The Labute approximate surface area is 143 Å². The second-order valence-electron chi connectivity index (χ2n) is 5.90. The summed E-state index contributed by atoms with van der Waals surface area (Å²) in [6.07, 6.45) is 2.24. The molecule has 1 aromatic carbocycles. The lowest BCUT2D eigenvalue weighted by Gasteiger charge is -2.09. The van der Waals surface area contributed by atoms with Gasteiger partial charge in [0, 0.05) is 23.9 Å². The zero-order valence-corrected chi connectivity index (χ0v) is 14.2. The van der Waals surface area contributed by atoms with Gasteiger partial charge in [-0.25, -0.2) is 4.98 Å². The molecule has 1 aliphatic rings. The van der Waals surface area contributed by atoms with E-state index >= 15 is 0 Å². The van der Waals surface area contributed by atoms with Crippen molar-refractivity contribution in [3.05, 3.63) is 35.2 Å². The molecule has 4 rings (SSSR count). The smallest absolute Gasteiger partial charge is 0.261 e. The summed E-state index contributed by atoms with van der Waals surface area (Å²) in [5, 5.41) is 4.94. The number of aromatic nitrogens is 1. The molecule has 1 N–H and O–H groups in total. The summed E-state index contributed by atoms with van der Waals surface area (Å²) in [7, 11) is 1.65. The molecule has 0 bridgehead atoms. The van der Waals surface area contributed by atoms with E-state index in [4.69, 9.17) is 9.47 Å². The number of carbonyl (C=O) groups excluding carboxylic acids is 1. The minimum atomic E-state index is -0.0601. The third kappa shape index (κ3) is 2.95. The zero-order chi connectivity index (χ0) is 16.5. The first kappa shape index (κ1) is 15.4. The standard InChI is InChI=1S/C18H18N2O3S/c1-22-13-4-5-15-11(8-13)7-12-9-16(24-18(12)20-15)17(21)19-10-14-3-2-6-23-14/h4-5,7-9,14H,2-3,6,10H2,1H3,(H,19,21). The Morgan fingerprint density at radius 3 is 3.08 bits per heavy atom. The molecule has 6 heteroatoms. The number of hydrogen-bond acceptors (Lipinski definition) is 5. The zero-order valence-electron chi connectivity index (χ0n) is 13.4. The van der Waals surface area contributed by atoms with Crippen molar-refractivity contribution in [1.29, 1.82) is 0 Å². The molecule has 1 atom stereocenters. The number of pyridine rings is 1. The van der Waals surface area contributed by atoms with E-state index in [0.717, 1.165) is 46.3 Å². The molecular weight excluding hydrogens is 324 g/mol. The van der Waals surface area contributed by atoms with Gasteiger partial charge in [0.2, 0.25) is 0 Å². The third-order valence-corrected chi connectivity index (χ3v) is 5.29. The Hall–Kier alpha value is -2.18. The number of carbonyl (C=O) groups is 1. The Morgan fingerprint density at radius 1 is 1.38 bits per heavy atom. The molecule has 3 heterocycles. The van der Waals surface area contributed by atoms with Crippen LogP contribution in [0.4, 0.5) is 0 Å². The molecule has 2 aromatic heterocycles. The molecule has 124 valence electrons. The van der Waals surface area contributed by atoms with Crippen molar-refractivity contribution in [2.75, 3.05) is 20.3 Å². The van der Waals surface area contributed by atoms with Crippen molar-refractivity contribution in [3.63, 3.8) is 0 Å². The van der Waals surface area contributed by atoms with Crippen LogP contribution >= 0.6 is 11.3 Å². The normalized spacial score (nSPS) is 17.5. The number of nitrogens with zero attached hydrogens (tertiary/aromatic N) is 1. The number of hydrogen-bond donors (Lipinski definition) is 1. The third-order valence-electron chi connectivity index (χ3n) is 4.25. The lowest BCUT2D eigenvalue weighted by atomic mass is 10.2. The number of thiophene rings is 1. The Bertz CT molecular complexity index is 900. The molecule has 1 unspecified atom stereocenters. The van der Waals surface area contributed by atoms with Gasteiger partial charge in [-0.15, -0.1) is 11.3 Å². The van der Waals surface area contributed by atoms with Crippen LogP contribution in [0.2, 0.25) is 0 Å². The molecule has 3 aromatic rings. The minimum absolute atomic E-state index is 0.0601. The number of ether oxygens (including phenoxy) is 2. The topological polar surface area (TPSA) is 60.5 Å². The highest BCUT2D eigenvalue weighted by molar-refractivity contribution is 7.20. The number of benzene rings is 1.